The molecule has 0 aliphatic heterocycles. The van der Waals surface area contributed by atoms with Crippen molar-refractivity contribution in [2.24, 2.45) is 5.92 Å². The van der Waals surface area contributed by atoms with Crippen molar-refractivity contribution in [1.82, 2.24) is 0 Å². The molecular formula is C17H22O3. The molecule has 0 bridgehead atoms. The molecule has 0 aromatic heterocycles. The molecule has 20 heavy (non-hydrogen) atoms. The monoisotopic (exact) mass is 274 g/mol. The quantitative estimate of drug-likeness (QED) is 0.829. The van der Waals surface area contributed by atoms with Crippen LogP contribution in [0.4, 0.5) is 0 Å². The molecule has 2 unspecified atom stereocenters. The lowest BCUT2D eigenvalue weighted by molar-refractivity contribution is -0.131. The van der Waals surface area contributed by atoms with E-state index in [0.29, 0.717) is 18.6 Å². The maximum absolute atomic E-state index is 10.4. The highest BCUT2D eigenvalue weighted by Crippen LogP contribution is 2.27. The van der Waals surface area contributed by atoms with Crippen molar-refractivity contribution in [3.05, 3.63) is 41.5 Å². The van der Waals surface area contributed by atoms with Gasteiger partial charge in [0.15, 0.2) is 0 Å². The van der Waals surface area contributed by atoms with Gasteiger partial charge < -0.3 is 9.84 Å². The van der Waals surface area contributed by atoms with Gasteiger partial charge in [-0.3, -0.25) is 0 Å². The van der Waals surface area contributed by atoms with Gasteiger partial charge in [0.2, 0.25) is 0 Å². The number of carbonyl (C=O) groups is 1. The Morgan fingerprint density at radius 1 is 1.30 bits per heavy atom. The topological polar surface area (TPSA) is 46.5 Å². The standard InChI is InChI=1S/C17H22O3/c1-13-4-2-3-5-16(13)20-12-15-8-6-14(7-9-15)10-11-17(18)19/h6-11,13,16H,2-5,12H2,1H3,(H,18,19). The lowest BCUT2D eigenvalue weighted by Crippen LogP contribution is -2.25. The minimum atomic E-state index is -0.927. The smallest absolute Gasteiger partial charge is 0.328 e. The Balaban J connectivity index is 1.85. The van der Waals surface area contributed by atoms with E-state index in [1.807, 2.05) is 24.3 Å². The molecule has 1 aromatic carbocycles. The van der Waals surface area contributed by atoms with Crippen LogP contribution in [-0.2, 0) is 16.1 Å². The number of hydrogen-bond acceptors (Lipinski definition) is 2. The van der Waals surface area contributed by atoms with Crippen LogP contribution >= 0.6 is 0 Å². The second-order valence-electron chi connectivity index (χ2n) is 5.52. The van der Waals surface area contributed by atoms with Crippen molar-refractivity contribution in [1.29, 1.82) is 0 Å². The molecule has 1 aliphatic rings. The van der Waals surface area contributed by atoms with Crippen LogP contribution in [0, 0.1) is 5.92 Å². The van der Waals surface area contributed by atoms with Crippen LogP contribution in [0.2, 0.25) is 0 Å². The summed E-state index contributed by atoms with van der Waals surface area (Å²) in [6.45, 7) is 2.90. The molecule has 1 fully saturated rings. The Morgan fingerprint density at radius 3 is 2.65 bits per heavy atom. The fraction of sp³-hybridized carbons (Fsp3) is 0.471. The van der Waals surface area contributed by atoms with Crippen LogP contribution in [-0.4, -0.2) is 17.2 Å². The van der Waals surface area contributed by atoms with Crippen molar-refractivity contribution in [3.8, 4) is 0 Å². The van der Waals surface area contributed by atoms with Crippen LogP contribution < -0.4 is 0 Å². The molecule has 0 amide bonds. The summed E-state index contributed by atoms with van der Waals surface area (Å²) >= 11 is 0. The van der Waals surface area contributed by atoms with E-state index in [9.17, 15) is 4.79 Å². The number of carboxylic acid groups (broad SMARTS) is 1. The molecule has 0 saturated heterocycles. The summed E-state index contributed by atoms with van der Waals surface area (Å²) < 4.78 is 6.01. The maximum Gasteiger partial charge on any atom is 0.328 e. The average molecular weight is 274 g/mol. The molecule has 1 aliphatic carbocycles. The fourth-order valence-corrected chi connectivity index (χ4v) is 2.63. The maximum atomic E-state index is 10.4. The van der Waals surface area contributed by atoms with Crippen LogP contribution in [0.3, 0.4) is 0 Å². The summed E-state index contributed by atoms with van der Waals surface area (Å²) in [6, 6.07) is 7.83. The number of aliphatic carboxylic acids is 1. The Labute approximate surface area is 120 Å². The third-order valence-corrected chi connectivity index (χ3v) is 3.89. The Bertz CT molecular complexity index is 462. The van der Waals surface area contributed by atoms with Gasteiger partial charge in [0.25, 0.3) is 0 Å². The Kier molecular flexibility index (Phi) is 5.36. The van der Waals surface area contributed by atoms with E-state index >= 15 is 0 Å². The SMILES string of the molecule is CC1CCCCC1OCc1ccc(C=CC(=O)O)cc1. The highest BCUT2D eigenvalue weighted by atomic mass is 16.5. The van der Waals surface area contributed by atoms with Crippen molar-refractivity contribution in [2.75, 3.05) is 0 Å². The summed E-state index contributed by atoms with van der Waals surface area (Å²) in [4.78, 5) is 10.4. The number of carboxylic acids is 1. The number of benzene rings is 1. The highest BCUT2D eigenvalue weighted by molar-refractivity contribution is 5.85. The summed E-state index contributed by atoms with van der Waals surface area (Å²) in [5.41, 5.74) is 2.03. The molecule has 0 radical (unpaired) electrons. The predicted octanol–water partition coefficient (Wildman–Crippen LogP) is 3.88. The summed E-state index contributed by atoms with van der Waals surface area (Å²) in [7, 11) is 0. The van der Waals surface area contributed by atoms with Gasteiger partial charge in [-0.25, -0.2) is 4.79 Å². The first-order valence-electron chi connectivity index (χ1n) is 7.26. The number of rotatable bonds is 5. The first kappa shape index (κ1) is 14.8. The summed E-state index contributed by atoms with van der Waals surface area (Å²) in [6.07, 6.45) is 8.16. The van der Waals surface area contributed by atoms with E-state index in [1.165, 1.54) is 25.7 Å². The van der Waals surface area contributed by atoms with Crippen LogP contribution in [0.15, 0.2) is 30.3 Å². The lowest BCUT2D eigenvalue weighted by atomic mass is 9.88. The summed E-state index contributed by atoms with van der Waals surface area (Å²) in [5, 5.41) is 8.58. The zero-order valence-electron chi connectivity index (χ0n) is 11.9. The average Bonchev–Trinajstić information content (AvgIpc) is 2.45. The van der Waals surface area contributed by atoms with E-state index in [2.05, 4.69) is 6.92 Å². The van der Waals surface area contributed by atoms with Crippen molar-refractivity contribution in [3.63, 3.8) is 0 Å². The van der Waals surface area contributed by atoms with Crippen LogP contribution in [0.25, 0.3) is 6.08 Å². The minimum Gasteiger partial charge on any atom is -0.478 e. The Morgan fingerprint density at radius 2 is 2.00 bits per heavy atom. The molecule has 3 nitrogen and oxygen atoms in total. The zero-order valence-corrected chi connectivity index (χ0v) is 11.9. The first-order valence-corrected chi connectivity index (χ1v) is 7.26. The largest absolute Gasteiger partial charge is 0.478 e. The number of ether oxygens (including phenoxy) is 1. The molecule has 0 spiro atoms. The fourth-order valence-electron chi connectivity index (χ4n) is 2.63. The number of hydrogen-bond donors (Lipinski definition) is 1. The first-order chi connectivity index (χ1) is 9.65. The highest BCUT2D eigenvalue weighted by Gasteiger charge is 2.21. The zero-order chi connectivity index (χ0) is 14.4. The van der Waals surface area contributed by atoms with Gasteiger partial charge in [0.05, 0.1) is 12.7 Å². The van der Waals surface area contributed by atoms with Crippen molar-refractivity contribution in [2.45, 2.75) is 45.3 Å². The second-order valence-corrected chi connectivity index (χ2v) is 5.52. The van der Waals surface area contributed by atoms with Crippen LogP contribution in [0.5, 0.6) is 0 Å². The lowest BCUT2D eigenvalue weighted by Gasteiger charge is -2.28. The molecule has 3 heteroatoms. The second kappa shape index (κ2) is 7.25. The van der Waals surface area contributed by atoms with E-state index in [1.54, 1.807) is 6.08 Å². The van der Waals surface area contributed by atoms with Crippen molar-refractivity contribution >= 4 is 12.0 Å². The molecule has 2 rings (SSSR count). The van der Waals surface area contributed by atoms with Gasteiger partial charge in [-0.2, -0.15) is 0 Å². The third kappa shape index (κ3) is 4.49. The normalized spacial score (nSPS) is 23.1. The Hall–Kier alpha value is -1.61. The van der Waals surface area contributed by atoms with Crippen LogP contribution in [0.1, 0.15) is 43.7 Å². The van der Waals surface area contributed by atoms with E-state index in [0.717, 1.165) is 17.2 Å². The molecule has 2 atom stereocenters. The molecule has 1 saturated carbocycles. The van der Waals surface area contributed by atoms with Gasteiger partial charge >= 0.3 is 5.97 Å². The molecule has 108 valence electrons. The van der Waals surface area contributed by atoms with Gasteiger partial charge in [0, 0.05) is 6.08 Å². The summed E-state index contributed by atoms with van der Waals surface area (Å²) in [5.74, 6) is -0.273. The van der Waals surface area contributed by atoms with Gasteiger partial charge in [-0.05, 0) is 36.0 Å². The minimum absolute atomic E-state index is 0.385. The third-order valence-electron chi connectivity index (χ3n) is 3.89. The molecule has 1 aromatic rings. The van der Waals surface area contributed by atoms with Gasteiger partial charge in [-0.1, -0.05) is 44.0 Å². The van der Waals surface area contributed by atoms with Gasteiger partial charge in [0.1, 0.15) is 0 Å². The van der Waals surface area contributed by atoms with E-state index in [-0.39, 0.29) is 0 Å². The predicted molar refractivity (Wildman–Crippen MR) is 79.3 cm³/mol. The van der Waals surface area contributed by atoms with Gasteiger partial charge in [-0.15, -0.1) is 0 Å². The molecular weight excluding hydrogens is 252 g/mol. The molecule has 1 N–H and O–H groups in total. The van der Waals surface area contributed by atoms with Crippen molar-refractivity contribution < 1.29 is 14.6 Å². The van der Waals surface area contributed by atoms with E-state index < -0.39 is 5.97 Å². The van der Waals surface area contributed by atoms with E-state index in [4.69, 9.17) is 9.84 Å². The molecule has 0 heterocycles.